The van der Waals surface area contributed by atoms with Crippen molar-refractivity contribution in [3.8, 4) is 0 Å². The van der Waals surface area contributed by atoms with Crippen LogP contribution in [0.15, 0.2) is 42.5 Å². The number of H-pyrrole nitrogens is 1. The first kappa shape index (κ1) is 16.8. The summed E-state index contributed by atoms with van der Waals surface area (Å²) in [6.45, 7) is 0.130. The van der Waals surface area contributed by atoms with Gasteiger partial charge in [-0.15, -0.1) is 0 Å². The Labute approximate surface area is 161 Å². The number of rotatable bonds is 4. The molecule has 3 aromatic rings. The second-order valence-electron chi connectivity index (χ2n) is 6.03. The van der Waals surface area contributed by atoms with Gasteiger partial charge in [-0.2, -0.15) is 0 Å². The molecule has 130 valence electrons. The van der Waals surface area contributed by atoms with E-state index in [9.17, 15) is 19.5 Å². The van der Waals surface area contributed by atoms with Crippen molar-refractivity contribution in [1.82, 2.24) is 9.88 Å². The number of halogens is 1. The molecule has 0 spiro atoms. The molecule has 2 amide bonds. The van der Waals surface area contributed by atoms with Gasteiger partial charge in [-0.25, -0.2) is 4.79 Å². The molecule has 0 unspecified atom stereocenters. The highest BCUT2D eigenvalue weighted by Gasteiger charge is 2.35. The van der Waals surface area contributed by atoms with E-state index < -0.39 is 5.97 Å². The maximum absolute atomic E-state index is 12.5. The number of hydrogen-bond acceptors (Lipinski definition) is 3. The first-order valence-electron chi connectivity index (χ1n) is 7.96. The minimum absolute atomic E-state index is 0.0959. The fourth-order valence-electron chi connectivity index (χ4n) is 3.33. The van der Waals surface area contributed by atoms with Gasteiger partial charge >= 0.3 is 5.97 Å². The van der Waals surface area contributed by atoms with Crippen molar-refractivity contribution in [3.05, 3.63) is 68.4 Å². The Hall–Kier alpha value is -2.68. The summed E-state index contributed by atoms with van der Waals surface area (Å²) in [5.74, 6) is -1.73. The molecule has 2 heterocycles. The quantitative estimate of drug-likeness (QED) is 0.462. The maximum atomic E-state index is 12.5. The molecule has 1 aliphatic heterocycles. The number of nitrogens with zero attached hydrogens (tertiary/aromatic N) is 1. The van der Waals surface area contributed by atoms with Crippen molar-refractivity contribution in [2.24, 2.45) is 0 Å². The lowest BCUT2D eigenvalue weighted by Crippen LogP contribution is -2.32. The molecule has 0 radical (unpaired) electrons. The molecular weight excluding hydrogens is 447 g/mol. The number of aromatic amines is 1. The van der Waals surface area contributed by atoms with Crippen LogP contribution in [0.5, 0.6) is 0 Å². The number of aromatic nitrogens is 1. The zero-order valence-corrected chi connectivity index (χ0v) is 15.6. The number of hydrogen-bond donors (Lipinski definition) is 2. The third kappa shape index (κ3) is 2.59. The van der Waals surface area contributed by atoms with Gasteiger partial charge in [0.05, 0.1) is 11.1 Å². The van der Waals surface area contributed by atoms with Crippen molar-refractivity contribution >= 4 is 51.3 Å². The maximum Gasteiger partial charge on any atom is 0.352 e. The summed E-state index contributed by atoms with van der Waals surface area (Å²) >= 11 is 2.16. The Morgan fingerprint density at radius 2 is 1.73 bits per heavy atom. The fourth-order valence-corrected chi connectivity index (χ4v) is 3.82. The summed E-state index contributed by atoms with van der Waals surface area (Å²) in [6, 6.07) is 12.3. The number of carboxylic acid groups (broad SMARTS) is 1. The molecule has 1 aliphatic rings. The van der Waals surface area contributed by atoms with Crippen molar-refractivity contribution < 1.29 is 19.5 Å². The number of nitrogens with one attached hydrogen (secondary N) is 1. The SMILES string of the molecule is O=C(O)c1[nH]c2ccc(I)cc2c1CCN1C(=O)c2ccccc2C1=O. The molecule has 0 aliphatic carbocycles. The van der Waals surface area contributed by atoms with E-state index >= 15 is 0 Å². The van der Waals surface area contributed by atoms with Crippen molar-refractivity contribution in [2.75, 3.05) is 6.54 Å². The average Bonchev–Trinajstić information content (AvgIpc) is 3.10. The van der Waals surface area contributed by atoms with Crippen LogP contribution in [-0.2, 0) is 6.42 Å². The van der Waals surface area contributed by atoms with E-state index in [2.05, 4.69) is 27.6 Å². The number of fused-ring (bicyclic) bond motifs is 2. The third-order valence-corrected chi connectivity index (χ3v) is 5.22. The largest absolute Gasteiger partial charge is 0.477 e. The van der Waals surface area contributed by atoms with Gasteiger partial charge in [0.25, 0.3) is 11.8 Å². The van der Waals surface area contributed by atoms with E-state index in [-0.39, 0.29) is 30.5 Å². The average molecular weight is 460 g/mol. The second-order valence-corrected chi connectivity index (χ2v) is 7.28. The molecule has 26 heavy (non-hydrogen) atoms. The standard InChI is InChI=1S/C19H13IN2O4/c20-10-5-6-15-14(9-10)11(16(21-15)19(25)26)7-8-22-17(23)12-3-1-2-4-13(12)18(22)24/h1-6,9,21H,7-8H2,(H,25,26). The highest BCUT2D eigenvalue weighted by Crippen LogP contribution is 2.27. The number of imide groups is 1. The normalized spacial score (nSPS) is 13.5. The zero-order chi connectivity index (χ0) is 18.4. The third-order valence-electron chi connectivity index (χ3n) is 4.55. The molecule has 0 saturated carbocycles. The Morgan fingerprint density at radius 3 is 2.35 bits per heavy atom. The Kier molecular flexibility index (Phi) is 4.03. The van der Waals surface area contributed by atoms with Crippen molar-refractivity contribution in [2.45, 2.75) is 6.42 Å². The zero-order valence-electron chi connectivity index (χ0n) is 13.5. The summed E-state index contributed by atoms with van der Waals surface area (Å²) in [6.07, 6.45) is 0.271. The van der Waals surface area contributed by atoms with Gasteiger partial charge in [0.2, 0.25) is 0 Å². The molecule has 4 rings (SSSR count). The minimum Gasteiger partial charge on any atom is -0.477 e. The number of carbonyl (C=O) groups excluding carboxylic acids is 2. The number of amides is 2. The van der Waals surface area contributed by atoms with E-state index in [1.165, 1.54) is 4.90 Å². The lowest BCUT2D eigenvalue weighted by atomic mass is 10.1. The van der Waals surface area contributed by atoms with Crippen LogP contribution in [0.3, 0.4) is 0 Å². The molecule has 0 atom stereocenters. The Morgan fingerprint density at radius 1 is 1.08 bits per heavy atom. The monoisotopic (exact) mass is 460 g/mol. The highest BCUT2D eigenvalue weighted by molar-refractivity contribution is 14.1. The predicted molar refractivity (Wildman–Crippen MR) is 103 cm³/mol. The summed E-state index contributed by atoms with van der Waals surface area (Å²) in [5.41, 5.74) is 2.20. The first-order valence-corrected chi connectivity index (χ1v) is 9.04. The summed E-state index contributed by atoms with van der Waals surface area (Å²) in [4.78, 5) is 40.7. The number of aromatic carboxylic acids is 1. The van der Waals surface area contributed by atoms with Crippen molar-refractivity contribution in [1.29, 1.82) is 0 Å². The van der Waals surface area contributed by atoms with Gasteiger partial charge in [-0.1, -0.05) is 12.1 Å². The molecule has 0 bridgehead atoms. The molecule has 6 nitrogen and oxygen atoms in total. The fraction of sp³-hybridized carbons (Fsp3) is 0.105. The summed E-state index contributed by atoms with van der Waals surface area (Å²) in [5, 5.41) is 10.3. The van der Waals surface area contributed by atoms with Gasteiger partial charge in [-0.3, -0.25) is 14.5 Å². The molecule has 0 saturated heterocycles. The summed E-state index contributed by atoms with van der Waals surface area (Å²) < 4.78 is 0.980. The number of carbonyl (C=O) groups is 3. The molecular formula is C19H13IN2O4. The Bertz CT molecular complexity index is 1050. The van der Waals surface area contributed by atoms with E-state index in [1.807, 2.05) is 18.2 Å². The van der Waals surface area contributed by atoms with Crippen molar-refractivity contribution in [3.63, 3.8) is 0 Å². The lowest BCUT2D eigenvalue weighted by Gasteiger charge is -2.13. The highest BCUT2D eigenvalue weighted by atomic mass is 127. The van der Waals surface area contributed by atoms with E-state index in [4.69, 9.17) is 0 Å². The number of benzene rings is 2. The van der Waals surface area contributed by atoms with Gasteiger partial charge in [-0.05, 0) is 64.9 Å². The molecule has 7 heteroatoms. The molecule has 1 aromatic heterocycles. The Balaban J connectivity index is 1.68. The lowest BCUT2D eigenvalue weighted by molar-refractivity contribution is 0.0655. The van der Waals surface area contributed by atoms with Crippen LogP contribution >= 0.6 is 22.6 Å². The van der Waals surface area contributed by atoms with Gasteiger partial charge < -0.3 is 10.1 Å². The van der Waals surface area contributed by atoms with Crippen LogP contribution in [0, 0.1) is 3.57 Å². The molecule has 2 N–H and O–H groups in total. The van der Waals surface area contributed by atoms with Crippen LogP contribution < -0.4 is 0 Å². The summed E-state index contributed by atoms with van der Waals surface area (Å²) in [7, 11) is 0. The minimum atomic E-state index is -1.06. The number of carboxylic acids is 1. The van der Waals surface area contributed by atoms with Gasteiger partial charge in [0.1, 0.15) is 5.69 Å². The van der Waals surface area contributed by atoms with Gasteiger partial charge in [0, 0.05) is 21.0 Å². The van der Waals surface area contributed by atoms with Crippen LogP contribution in [0.4, 0.5) is 0 Å². The van der Waals surface area contributed by atoms with Crippen LogP contribution in [0.25, 0.3) is 10.9 Å². The predicted octanol–water partition coefficient (Wildman–Crippen LogP) is 3.31. The smallest absolute Gasteiger partial charge is 0.352 e. The van der Waals surface area contributed by atoms with Crippen LogP contribution in [-0.4, -0.2) is 39.3 Å². The second kappa shape index (κ2) is 6.24. The topological polar surface area (TPSA) is 90.5 Å². The first-order chi connectivity index (χ1) is 12.5. The van der Waals surface area contributed by atoms with E-state index in [1.54, 1.807) is 24.3 Å². The van der Waals surface area contributed by atoms with Crippen LogP contribution in [0.2, 0.25) is 0 Å². The van der Waals surface area contributed by atoms with Crippen LogP contribution in [0.1, 0.15) is 36.8 Å². The molecule has 2 aromatic carbocycles. The van der Waals surface area contributed by atoms with E-state index in [0.717, 1.165) is 14.5 Å². The molecule has 0 fully saturated rings. The van der Waals surface area contributed by atoms with E-state index in [0.29, 0.717) is 16.7 Å². The van der Waals surface area contributed by atoms with Gasteiger partial charge in [0.15, 0.2) is 0 Å².